The Balaban J connectivity index is 1.16. The minimum atomic E-state index is -3.62. The van der Waals surface area contributed by atoms with Crippen molar-refractivity contribution >= 4 is 27.6 Å². The van der Waals surface area contributed by atoms with Crippen LogP contribution in [0.3, 0.4) is 0 Å². The number of sulfonamides is 1. The number of nitrogens with zero attached hydrogens (tertiary/aromatic N) is 5. The van der Waals surface area contributed by atoms with Crippen LogP contribution < -0.4 is 19.7 Å². The van der Waals surface area contributed by atoms with E-state index in [2.05, 4.69) is 29.9 Å². The fourth-order valence-corrected chi connectivity index (χ4v) is 6.13. The highest BCUT2D eigenvalue weighted by molar-refractivity contribution is 7.89. The molecule has 5 rings (SSSR count). The SMILES string of the molecule is COCCNS(=O)(=O)c1ccc(Oc2ccc(CN3CCC(N(C(=O)Nc4ccc(C)nc4)c4ccc(C)cn4)CC3)cn2)cc1. The highest BCUT2D eigenvalue weighted by atomic mass is 32.2. The number of urea groups is 1. The van der Waals surface area contributed by atoms with E-state index in [1.165, 1.54) is 19.2 Å². The van der Waals surface area contributed by atoms with E-state index in [1.807, 2.05) is 44.2 Å². The van der Waals surface area contributed by atoms with E-state index in [1.54, 1.807) is 41.7 Å². The Bertz CT molecular complexity index is 1680. The van der Waals surface area contributed by atoms with Crippen LogP contribution in [0.5, 0.6) is 11.6 Å². The van der Waals surface area contributed by atoms with Crippen molar-refractivity contribution in [3.8, 4) is 11.6 Å². The van der Waals surface area contributed by atoms with Crippen molar-refractivity contribution in [2.75, 3.05) is 43.6 Å². The number of anilines is 2. The second-order valence-electron chi connectivity index (χ2n) is 11.2. The number of hydrogen-bond acceptors (Lipinski definition) is 9. The van der Waals surface area contributed by atoms with Crippen molar-refractivity contribution in [1.29, 1.82) is 0 Å². The second-order valence-corrected chi connectivity index (χ2v) is 12.9. The van der Waals surface area contributed by atoms with Gasteiger partial charge < -0.3 is 14.8 Å². The van der Waals surface area contributed by atoms with Crippen molar-refractivity contribution in [1.82, 2.24) is 24.6 Å². The zero-order valence-corrected chi connectivity index (χ0v) is 27.0. The third-order valence-electron chi connectivity index (χ3n) is 7.60. The monoisotopic (exact) mass is 645 g/mol. The van der Waals surface area contributed by atoms with Crippen LogP contribution >= 0.6 is 0 Å². The van der Waals surface area contributed by atoms with Gasteiger partial charge in [-0.2, -0.15) is 0 Å². The molecular weight excluding hydrogens is 606 g/mol. The number of ether oxygens (including phenoxy) is 2. The summed E-state index contributed by atoms with van der Waals surface area (Å²) < 4.78 is 37.9. The molecule has 0 unspecified atom stereocenters. The van der Waals surface area contributed by atoms with Gasteiger partial charge in [-0.3, -0.25) is 14.8 Å². The number of pyridine rings is 3. The number of carbonyl (C=O) groups is 1. The molecule has 4 aromatic rings. The average Bonchev–Trinajstić information content (AvgIpc) is 3.05. The first-order valence-electron chi connectivity index (χ1n) is 15.1. The summed E-state index contributed by atoms with van der Waals surface area (Å²) in [7, 11) is -2.11. The number of aryl methyl sites for hydroxylation is 2. The summed E-state index contributed by atoms with van der Waals surface area (Å²) in [6, 6.07) is 17.3. The number of benzene rings is 1. The fraction of sp³-hybridized carbons (Fsp3) is 0.333. The number of rotatable bonds is 12. The number of nitrogens with one attached hydrogen (secondary N) is 2. The van der Waals surface area contributed by atoms with Gasteiger partial charge in [0.15, 0.2) is 0 Å². The van der Waals surface area contributed by atoms with E-state index in [4.69, 9.17) is 9.47 Å². The molecule has 0 radical (unpaired) electrons. The predicted molar refractivity (Wildman–Crippen MR) is 176 cm³/mol. The molecule has 4 heterocycles. The Morgan fingerprint density at radius 2 is 1.72 bits per heavy atom. The molecule has 12 nitrogen and oxygen atoms in total. The Hall–Kier alpha value is -4.43. The molecule has 1 aliphatic heterocycles. The quantitative estimate of drug-likeness (QED) is 0.206. The van der Waals surface area contributed by atoms with E-state index < -0.39 is 10.0 Å². The number of hydrogen-bond donors (Lipinski definition) is 2. The van der Waals surface area contributed by atoms with Gasteiger partial charge in [-0.1, -0.05) is 12.1 Å². The number of likely N-dealkylation sites (tertiary alicyclic amines) is 1. The largest absolute Gasteiger partial charge is 0.439 e. The third-order valence-corrected chi connectivity index (χ3v) is 9.08. The molecular formula is C33H39N7O5S. The van der Waals surface area contributed by atoms with Gasteiger partial charge >= 0.3 is 6.03 Å². The maximum Gasteiger partial charge on any atom is 0.327 e. The Labute approximate surface area is 269 Å². The van der Waals surface area contributed by atoms with Gasteiger partial charge in [0.05, 0.1) is 23.4 Å². The van der Waals surface area contributed by atoms with Crippen LogP contribution in [0, 0.1) is 13.8 Å². The molecule has 1 aliphatic rings. The smallest absolute Gasteiger partial charge is 0.327 e. The lowest BCUT2D eigenvalue weighted by molar-refractivity contribution is 0.199. The number of piperidine rings is 1. The molecule has 1 aromatic carbocycles. The second kappa shape index (κ2) is 15.2. The molecule has 0 saturated carbocycles. The topological polar surface area (TPSA) is 139 Å². The average molecular weight is 646 g/mol. The number of methoxy groups -OCH3 is 1. The molecule has 3 aromatic heterocycles. The maximum atomic E-state index is 13.5. The van der Waals surface area contributed by atoms with Gasteiger partial charge in [-0.25, -0.2) is 27.9 Å². The molecule has 13 heteroatoms. The molecule has 46 heavy (non-hydrogen) atoms. The summed E-state index contributed by atoms with van der Waals surface area (Å²) >= 11 is 0. The maximum absolute atomic E-state index is 13.5. The van der Waals surface area contributed by atoms with Gasteiger partial charge in [0.25, 0.3) is 0 Å². The standard InChI is InChI=1S/C33H39N7O5S/c1-24-4-12-31(35-20-24)40(33(41)38-27-7-5-25(2)34-22-27)28-14-17-39(18-15-28)23-26-6-13-32(36-21-26)45-29-8-10-30(11-9-29)46(42,43)37-16-19-44-3/h4-13,20-22,28,37H,14-19,23H2,1-3H3,(H,38,41). The van der Waals surface area contributed by atoms with E-state index >= 15 is 0 Å². The molecule has 2 N–H and O–H groups in total. The first-order chi connectivity index (χ1) is 22.2. The Morgan fingerprint density at radius 3 is 2.35 bits per heavy atom. The summed E-state index contributed by atoms with van der Waals surface area (Å²) in [5.74, 6) is 1.51. The summed E-state index contributed by atoms with van der Waals surface area (Å²) in [5, 5.41) is 2.99. The van der Waals surface area contributed by atoms with Crippen LogP contribution in [0.25, 0.3) is 0 Å². The van der Waals surface area contributed by atoms with Crippen molar-refractivity contribution in [2.24, 2.45) is 0 Å². The lowest BCUT2D eigenvalue weighted by atomic mass is 10.0. The van der Waals surface area contributed by atoms with Crippen LogP contribution in [0.15, 0.2) is 84.1 Å². The summed E-state index contributed by atoms with van der Waals surface area (Å²) in [6.07, 6.45) is 6.80. The van der Waals surface area contributed by atoms with Crippen LogP contribution in [0.2, 0.25) is 0 Å². The molecule has 0 bridgehead atoms. The van der Waals surface area contributed by atoms with E-state index in [0.29, 0.717) is 29.7 Å². The van der Waals surface area contributed by atoms with Crippen molar-refractivity contribution in [2.45, 2.75) is 44.2 Å². The Kier molecular flexibility index (Phi) is 10.9. The first-order valence-corrected chi connectivity index (χ1v) is 16.6. The zero-order chi connectivity index (χ0) is 32.5. The molecule has 242 valence electrons. The van der Waals surface area contributed by atoms with Gasteiger partial charge in [-0.05, 0) is 80.3 Å². The number of aromatic nitrogens is 3. The predicted octanol–water partition coefficient (Wildman–Crippen LogP) is 4.91. The van der Waals surface area contributed by atoms with Gasteiger partial charge in [0, 0.05) is 63.5 Å². The van der Waals surface area contributed by atoms with Crippen molar-refractivity contribution < 1.29 is 22.7 Å². The molecule has 0 aliphatic carbocycles. The van der Waals surface area contributed by atoms with Crippen LogP contribution in [-0.4, -0.2) is 73.7 Å². The van der Waals surface area contributed by atoms with Gasteiger partial charge in [-0.15, -0.1) is 0 Å². The van der Waals surface area contributed by atoms with Crippen molar-refractivity contribution in [3.63, 3.8) is 0 Å². The first kappa shape index (κ1) is 32.9. The van der Waals surface area contributed by atoms with Gasteiger partial charge in [0.2, 0.25) is 15.9 Å². The third kappa shape index (κ3) is 8.85. The summed E-state index contributed by atoms with van der Waals surface area (Å²) in [4.78, 5) is 31.1. The molecule has 0 atom stereocenters. The lowest BCUT2D eigenvalue weighted by Crippen LogP contribution is -2.49. The molecule has 0 spiro atoms. The minimum Gasteiger partial charge on any atom is -0.439 e. The summed E-state index contributed by atoms with van der Waals surface area (Å²) in [5.41, 5.74) is 3.59. The lowest BCUT2D eigenvalue weighted by Gasteiger charge is -2.38. The van der Waals surface area contributed by atoms with Crippen LogP contribution in [0.1, 0.15) is 29.7 Å². The van der Waals surface area contributed by atoms with Crippen molar-refractivity contribution in [3.05, 3.63) is 96.1 Å². The van der Waals surface area contributed by atoms with E-state index in [-0.39, 0.29) is 30.1 Å². The number of carbonyl (C=O) groups excluding carboxylic acids is 1. The number of amides is 2. The normalized spacial score (nSPS) is 14.2. The molecule has 2 amide bonds. The van der Waals surface area contributed by atoms with Crippen LogP contribution in [0.4, 0.5) is 16.3 Å². The van der Waals surface area contributed by atoms with E-state index in [9.17, 15) is 13.2 Å². The molecule has 1 saturated heterocycles. The summed E-state index contributed by atoms with van der Waals surface area (Å²) in [6.45, 7) is 6.69. The van der Waals surface area contributed by atoms with Crippen LogP contribution in [-0.2, 0) is 21.3 Å². The zero-order valence-electron chi connectivity index (χ0n) is 26.2. The highest BCUT2D eigenvalue weighted by Gasteiger charge is 2.30. The fourth-order valence-electron chi connectivity index (χ4n) is 5.11. The molecule has 1 fully saturated rings. The Morgan fingerprint density at radius 1 is 0.935 bits per heavy atom. The highest BCUT2D eigenvalue weighted by Crippen LogP contribution is 2.26. The van der Waals surface area contributed by atoms with Gasteiger partial charge in [0.1, 0.15) is 11.6 Å². The van der Waals surface area contributed by atoms with E-state index in [0.717, 1.165) is 42.8 Å². The minimum absolute atomic E-state index is 0.0127.